The third-order valence-electron chi connectivity index (χ3n) is 7.78. The molecule has 2 aliphatic rings. The molecule has 2 saturated heterocycles. The Balaban J connectivity index is 1.43. The Bertz CT molecular complexity index is 1410. The van der Waals surface area contributed by atoms with Crippen LogP contribution < -0.4 is 14.4 Å². The van der Waals surface area contributed by atoms with Crippen LogP contribution in [0.1, 0.15) is 43.0 Å². The van der Waals surface area contributed by atoms with Gasteiger partial charge in [0.15, 0.2) is 5.13 Å². The Morgan fingerprint density at radius 2 is 1.76 bits per heavy atom. The number of rotatable bonds is 10. The van der Waals surface area contributed by atoms with Crippen molar-refractivity contribution < 1.29 is 27.4 Å². The lowest BCUT2D eigenvalue weighted by Crippen LogP contribution is -2.41. The highest BCUT2D eigenvalue weighted by Crippen LogP contribution is 2.40. The van der Waals surface area contributed by atoms with E-state index in [1.807, 2.05) is 13.0 Å². The highest BCUT2D eigenvalue weighted by Gasteiger charge is 2.31. The minimum absolute atomic E-state index is 0.0370. The molecule has 0 aliphatic carbocycles. The zero-order valence-electron chi connectivity index (χ0n) is 23.9. The van der Waals surface area contributed by atoms with Gasteiger partial charge in [0.25, 0.3) is 5.91 Å². The van der Waals surface area contributed by atoms with E-state index in [4.69, 9.17) is 19.2 Å². The number of amides is 1. The number of aromatic nitrogens is 1. The predicted molar refractivity (Wildman–Crippen MR) is 160 cm³/mol. The quantitative estimate of drug-likeness (QED) is 0.340. The lowest BCUT2D eigenvalue weighted by atomic mass is 10.1. The van der Waals surface area contributed by atoms with Crippen LogP contribution in [-0.2, 0) is 14.8 Å². The number of anilines is 1. The summed E-state index contributed by atoms with van der Waals surface area (Å²) < 4.78 is 45.6. The molecule has 1 atom stereocenters. The zero-order chi connectivity index (χ0) is 29.0. The van der Waals surface area contributed by atoms with Gasteiger partial charge in [-0.3, -0.25) is 14.6 Å². The molecule has 0 radical (unpaired) electrons. The van der Waals surface area contributed by atoms with E-state index in [1.54, 1.807) is 53.8 Å². The van der Waals surface area contributed by atoms with Gasteiger partial charge < -0.3 is 14.2 Å². The van der Waals surface area contributed by atoms with Crippen LogP contribution in [0, 0.1) is 0 Å². The monoisotopic (exact) mass is 602 g/mol. The first-order chi connectivity index (χ1) is 19.8. The predicted octanol–water partition coefficient (Wildman–Crippen LogP) is 4.25. The van der Waals surface area contributed by atoms with E-state index in [0.29, 0.717) is 54.0 Å². The summed E-state index contributed by atoms with van der Waals surface area (Å²) in [4.78, 5) is 23.0. The smallest absolute Gasteiger partial charge is 0.260 e. The molecule has 3 heterocycles. The van der Waals surface area contributed by atoms with Crippen LogP contribution in [0.5, 0.6) is 11.5 Å². The second-order valence-electron chi connectivity index (χ2n) is 10.4. The van der Waals surface area contributed by atoms with Gasteiger partial charge in [0.05, 0.1) is 32.3 Å². The van der Waals surface area contributed by atoms with Gasteiger partial charge in [0.1, 0.15) is 21.7 Å². The van der Waals surface area contributed by atoms with Crippen molar-refractivity contribution in [3.8, 4) is 11.5 Å². The molecule has 1 aromatic heterocycles. The van der Waals surface area contributed by atoms with Crippen LogP contribution in [0.3, 0.4) is 0 Å². The zero-order valence-corrected chi connectivity index (χ0v) is 25.5. The summed E-state index contributed by atoms with van der Waals surface area (Å²) in [6.07, 6.45) is 3.49. The second-order valence-corrected chi connectivity index (χ2v) is 13.3. The average molecular weight is 603 g/mol. The molecule has 0 spiro atoms. The van der Waals surface area contributed by atoms with Gasteiger partial charge in [-0.15, -0.1) is 0 Å². The highest BCUT2D eigenvalue weighted by molar-refractivity contribution is 7.89. The van der Waals surface area contributed by atoms with E-state index >= 15 is 0 Å². The number of methoxy groups -OCH3 is 2. The van der Waals surface area contributed by atoms with Crippen LogP contribution in [-0.4, -0.2) is 94.7 Å². The summed E-state index contributed by atoms with van der Waals surface area (Å²) in [5.41, 5.74) is 1.04. The Morgan fingerprint density at radius 1 is 1.05 bits per heavy atom. The number of carbonyl (C=O) groups is 1. The molecule has 0 saturated carbocycles. The molecule has 2 aliphatic heterocycles. The van der Waals surface area contributed by atoms with Crippen molar-refractivity contribution in [2.75, 3.05) is 65.1 Å². The standard InChI is InChI=1S/C29H38N4O6S2/c1-21-7-4-5-16-33(21)41(35,36)23-10-8-22(9-11-23)28(34)32(15-6-14-31-17-19-39-20-18-31)29-30-26-24(37-2)12-13-25(38-3)27(26)40-29/h8-13,21H,4-7,14-20H2,1-3H3. The summed E-state index contributed by atoms with van der Waals surface area (Å²) >= 11 is 1.37. The number of thiazole rings is 1. The Kier molecular flexibility index (Phi) is 9.45. The van der Waals surface area contributed by atoms with E-state index in [-0.39, 0.29) is 16.8 Å². The number of piperidine rings is 1. The number of sulfonamides is 1. The summed E-state index contributed by atoms with van der Waals surface area (Å²) in [7, 11) is -0.438. The lowest BCUT2D eigenvalue weighted by molar-refractivity contribution is 0.0376. The van der Waals surface area contributed by atoms with Crippen molar-refractivity contribution in [1.29, 1.82) is 0 Å². The minimum Gasteiger partial charge on any atom is -0.495 e. The number of fused-ring (bicyclic) bond motifs is 1. The molecule has 0 N–H and O–H groups in total. The molecule has 3 aromatic rings. The van der Waals surface area contributed by atoms with Gasteiger partial charge in [-0.05, 0) is 62.6 Å². The van der Waals surface area contributed by atoms with Gasteiger partial charge >= 0.3 is 0 Å². The summed E-state index contributed by atoms with van der Waals surface area (Å²) in [5, 5.41) is 0.536. The molecule has 1 amide bonds. The lowest BCUT2D eigenvalue weighted by Gasteiger charge is -2.32. The van der Waals surface area contributed by atoms with Crippen LogP contribution >= 0.6 is 11.3 Å². The number of hydrogen-bond donors (Lipinski definition) is 0. The maximum absolute atomic E-state index is 14.0. The third-order valence-corrected chi connectivity index (χ3v) is 10.9. The number of hydrogen-bond acceptors (Lipinski definition) is 9. The van der Waals surface area contributed by atoms with Crippen LogP contribution in [0.15, 0.2) is 41.3 Å². The molecule has 0 bridgehead atoms. The Hall–Kier alpha value is -2.77. The van der Waals surface area contributed by atoms with Crippen LogP contribution in [0.2, 0.25) is 0 Å². The van der Waals surface area contributed by atoms with Gasteiger partial charge in [-0.25, -0.2) is 13.4 Å². The van der Waals surface area contributed by atoms with Crippen molar-refractivity contribution in [2.45, 2.75) is 43.5 Å². The van der Waals surface area contributed by atoms with Gasteiger partial charge in [-0.2, -0.15) is 4.31 Å². The first kappa shape index (κ1) is 29.7. The minimum atomic E-state index is -3.63. The summed E-state index contributed by atoms with van der Waals surface area (Å²) in [6.45, 7) is 6.92. The van der Waals surface area contributed by atoms with E-state index in [0.717, 1.165) is 50.0 Å². The normalized spacial score (nSPS) is 18.9. The van der Waals surface area contributed by atoms with E-state index in [9.17, 15) is 13.2 Å². The number of carbonyl (C=O) groups excluding carboxylic acids is 1. The van der Waals surface area contributed by atoms with E-state index in [2.05, 4.69) is 4.90 Å². The molecule has 12 heteroatoms. The van der Waals surface area contributed by atoms with Crippen molar-refractivity contribution in [3.63, 3.8) is 0 Å². The fourth-order valence-electron chi connectivity index (χ4n) is 5.44. The topological polar surface area (TPSA) is 102 Å². The van der Waals surface area contributed by atoms with Crippen LogP contribution in [0.4, 0.5) is 5.13 Å². The molecule has 2 fully saturated rings. The highest BCUT2D eigenvalue weighted by atomic mass is 32.2. The van der Waals surface area contributed by atoms with Crippen LogP contribution in [0.25, 0.3) is 10.2 Å². The van der Waals surface area contributed by atoms with Gasteiger partial charge in [-0.1, -0.05) is 17.8 Å². The van der Waals surface area contributed by atoms with Gasteiger partial charge in [0, 0.05) is 44.3 Å². The fourth-order valence-corrected chi connectivity index (χ4v) is 8.24. The Morgan fingerprint density at radius 3 is 2.44 bits per heavy atom. The molecule has 10 nitrogen and oxygen atoms in total. The Labute approximate surface area is 245 Å². The molecular weight excluding hydrogens is 564 g/mol. The van der Waals surface area contributed by atoms with E-state index in [1.165, 1.54) is 11.3 Å². The van der Waals surface area contributed by atoms with Crippen molar-refractivity contribution >= 4 is 42.6 Å². The van der Waals surface area contributed by atoms with Crippen molar-refractivity contribution in [2.24, 2.45) is 0 Å². The SMILES string of the molecule is COc1ccc(OC)c2sc(N(CCCN3CCOCC3)C(=O)c3ccc(S(=O)(=O)N4CCCCC4C)cc3)nc12. The first-order valence-electron chi connectivity index (χ1n) is 14.1. The number of nitrogens with zero attached hydrogens (tertiary/aromatic N) is 4. The second kappa shape index (κ2) is 13.0. The summed E-state index contributed by atoms with van der Waals surface area (Å²) in [5.74, 6) is 1.02. The summed E-state index contributed by atoms with van der Waals surface area (Å²) in [6, 6.07) is 9.89. The maximum Gasteiger partial charge on any atom is 0.260 e. The van der Waals surface area contributed by atoms with E-state index < -0.39 is 10.0 Å². The molecule has 5 rings (SSSR count). The molecule has 222 valence electrons. The van der Waals surface area contributed by atoms with Gasteiger partial charge in [0.2, 0.25) is 10.0 Å². The third kappa shape index (κ3) is 6.36. The largest absolute Gasteiger partial charge is 0.495 e. The molecule has 41 heavy (non-hydrogen) atoms. The van der Waals surface area contributed by atoms with Crippen molar-refractivity contribution in [3.05, 3.63) is 42.0 Å². The molecule has 2 aromatic carbocycles. The first-order valence-corrected chi connectivity index (χ1v) is 16.3. The molecular formula is C29H38N4O6S2. The molecule has 1 unspecified atom stereocenters. The number of morpholine rings is 1. The van der Waals surface area contributed by atoms with Crippen molar-refractivity contribution in [1.82, 2.24) is 14.2 Å². The number of benzene rings is 2. The number of ether oxygens (including phenoxy) is 3. The average Bonchev–Trinajstić information content (AvgIpc) is 3.44. The maximum atomic E-state index is 14.0. The fraction of sp³-hybridized carbons (Fsp3) is 0.517.